The van der Waals surface area contributed by atoms with Crippen LogP contribution in [0.2, 0.25) is 0 Å². The molecule has 2 unspecified atom stereocenters. The first-order valence-corrected chi connectivity index (χ1v) is 7.69. The van der Waals surface area contributed by atoms with Gasteiger partial charge in [-0.3, -0.25) is 0 Å². The minimum atomic E-state index is 0.772. The van der Waals surface area contributed by atoms with Crippen LogP contribution in [0.15, 0.2) is 36.4 Å². The number of benzene rings is 1. The average molecular weight is 258 g/mol. The summed E-state index contributed by atoms with van der Waals surface area (Å²) in [6.07, 6.45) is 11.0. The van der Waals surface area contributed by atoms with Crippen LogP contribution in [0.4, 0.5) is 0 Å². The lowest BCUT2D eigenvalue weighted by atomic mass is 9.82. The number of allylic oxidation sites excluding steroid dienone is 1. The smallest absolute Gasteiger partial charge is 0.0497 e. The topological polar surface area (TPSA) is 9.23 Å². The molecule has 1 saturated heterocycles. The first kappa shape index (κ1) is 14.3. The van der Waals surface area contributed by atoms with Crippen molar-refractivity contribution in [3.63, 3.8) is 0 Å². The summed E-state index contributed by atoms with van der Waals surface area (Å²) in [6.45, 7) is 4.23. The van der Waals surface area contributed by atoms with Crippen molar-refractivity contribution in [2.75, 3.05) is 13.2 Å². The van der Waals surface area contributed by atoms with Gasteiger partial charge in [0.1, 0.15) is 0 Å². The molecule has 1 heteroatoms. The van der Waals surface area contributed by atoms with Gasteiger partial charge in [-0.05, 0) is 36.7 Å². The lowest BCUT2D eigenvalue weighted by Gasteiger charge is -2.29. The summed E-state index contributed by atoms with van der Waals surface area (Å²) >= 11 is 0. The van der Waals surface area contributed by atoms with Crippen molar-refractivity contribution in [2.45, 2.75) is 39.0 Å². The van der Waals surface area contributed by atoms with Crippen LogP contribution in [0.1, 0.15) is 44.6 Å². The molecular formula is C18H26O. The Morgan fingerprint density at radius 1 is 1.32 bits per heavy atom. The molecule has 1 heterocycles. The lowest BCUT2D eigenvalue weighted by molar-refractivity contribution is 0.0291. The van der Waals surface area contributed by atoms with Crippen molar-refractivity contribution < 1.29 is 4.74 Å². The van der Waals surface area contributed by atoms with Crippen molar-refractivity contribution in [3.8, 4) is 0 Å². The Balaban J connectivity index is 1.87. The van der Waals surface area contributed by atoms with Gasteiger partial charge in [-0.25, -0.2) is 0 Å². The van der Waals surface area contributed by atoms with Crippen LogP contribution in [0, 0.1) is 11.8 Å². The van der Waals surface area contributed by atoms with E-state index in [4.69, 9.17) is 4.74 Å². The van der Waals surface area contributed by atoms with Gasteiger partial charge in [-0.1, -0.05) is 62.2 Å². The molecule has 19 heavy (non-hydrogen) atoms. The predicted molar refractivity (Wildman–Crippen MR) is 82.0 cm³/mol. The zero-order valence-electron chi connectivity index (χ0n) is 12.1. The summed E-state index contributed by atoms with van der Waals surface area (Å²) < 4.78 is 5.65. The van der Waals surface area contributed by atoms with E-state index in [1.54, 1.807) is 0 Å². The fraction of sp³-hybridized carbons (Fsp3) is 0.556. The van der Waals surface area contributed by atoms with Gasteiger partial charge in [0.25, 0.3) is 0 Å². The maximum atomic E-state index is 5.65. The molecule has 1 fully saturated rings. The summed E-state index contributed by atoms with van der Waals surface area (Å²) in [7, 11) is 0. The Morgan fingerprint density at radius 2 is 2.16 bits per heavy atom. The molecule has 2 rings (SSSR count). The third kappa shape index (κ3) is 4.83. The Hall–Kier alpha value is -1.08. The van der Waals surface area contributed by atoms with Gasteiger partial charge in [0, 0.05) is 13.2 Å². The normalized spacial score (nSPS) is 21.6. The molecule has 0 amide bonds. The standard InChI is InChI=1S/C18H26O/c1-2-8-17(18-13-7-14-19-15-18)12-6-11-16-9-4-3-5-10-16/h3-6,9-11,17-18H,2,7-8,12-15H2,1H3. The molecule has 0 N–H and O–H groups in total. The van der Waals surface area contributed by atoms with Crippen LogP contribution in [0.3, 0.4) is 0 Å². The monoisotopic (exact) mass is 258 g/mol. The van der Waals surface area contributed by atoms with Gasteiger partial charge < -0.3 is 4.74 Å². The number of rotatable bonds is 6. The fourth-order valence-corrected chi connectivity index (χ4v) is 3.00. The minimum absolute atomic E-state index is 0.772. The van der Waals surface area contributed by atoms with Crippen LogP contribution in [0.25, 0.3) is 6.08 Å². The predicted octanol–water partition coefficient (Wildman–Crippen LogP) is 4.93. The van der Waals surface area contributed by atoms with Gasteiger partial charge in [0.2, 0.25) is 0 Å². The van der Waals surface area contributed by atoms with E-state index in [0.29, 0.717) is 0 Å². The summed E-state index contributed by atoms with van der Waals surface area (Å²) in [6, 6.07) is 10.6. The summed E-state index contributed by atoms with van der Waals surface area (Å²) in [5.74, 6) is 1.57. The summed E-state index contributed by atoms with van der Waals surface area (Å²) in [4.78, 5) is 0. The molecule has 2 atom stereocenters. The van der Waals surface area contributed by atoms with Crippen LogP contribution in [-0.2, 0) is 4.74 Å². The zero-order chi connectivity index (χ0) is 13.3. The van der Waals surface area contributed by atoms with Crippen LogP contribution >= 0.6 is 0 Å². The molecule has 1 aromatic carbocycles. The van der Waals surface area contributed by atoms with E-state index in [1.807, 2.05) is 0 Å². The largest absolute Gasteiger partial charge is 0.381 e. The Bertz CT molecular complexity index is 363. The van der Waals surface area contributed by atoms with Gasteiger partial charge in [0.15, 0.2) is 0 Å². The zero-order valence-corrected chi connectivity index (χ0v) is 12.1. The molecule has 1 nitrogen and oxygen atoms in total. The Morgan fingerprint density at radius 3 is 2.84 bits per heavy atom. The average Bonchev–Trinajstić information content (AvgIpc) is 2.48. The SMILES string of the molecule is CCCC(CC=Cc1ccccc1)C1CCCOC1. The van der Waals surface area contributed by atoms with Crippen molar-refractivity contribution in [2.24, 2.45) is 11.8 Å². The summed E-state index contributed by atoms with van der Waals surface area (Å²) in [5, 5.41) is 0. The molecular weight excluding hydrogens is 232 g/mol. The van der Waals surface area contributed by atoms with Gasteiger partial charge in [0.05, 0.1) is 0 Å². The van der Waals surface area contributed by atoms with Gasteiger partial charge >= 0.3 is 0 Å². The molecule has 1 aliphatic rings. The highest BCUT2D eigenvalue weighted by atomic mass is 16.5. The first-order valence-electron chi connectivity index (χ1n) is 7.69. The molecule has 0 bridgehead atoms. The van der Waals surface area contributed by atoms with E-state index in [2.05, 4.69) is 49.4 Å². The third-order valence-electron chi connectivity index (χ3n) is 4.07. The van der Waals surface area contributed by atoms with Crippen LogP contribution < -0.4 is 0 Å². The number of hydrogen-bond acceptors (Lipinski definition) is 1. The van der Waals surface area contributed by atoms with Crippen molar-refractivity contribution in [1.29, 1.82) is 0 Å². The van der Waals surface area contributed by atoms with Crippen molar-refractivity contribution in [3.05, 3.63) is 42.0 Å². The second-order valence-electron chi connectivity index (χ2n) is 5.57. The lowest BCUT2D eigenvalue weighted by Crippen LogP contribution is -2.24. The number of ether oxygens (including phenoxy) is 1. The molecule has 0 spiro atoms. The van der Waals surface area contributed by atoms with E-state index in [-0.39, 0.29) is 0 Å². The fourth-order valence-electron chi connectivity index (χ4n) is 3.00. The highest BCUT2D eigenvalue weighted by Gasteiger charge is 2.22. The maximum absolute atomic E-state index is 5.65. The molecule has 0 aliphatic carbocycles. The second kappa shape index (κ2) is 8.16. The van der Waals surface area contributed by atoms with E-state index in [9.17, 15) is 0 Å². The van der Waals surface area contributed by atoms with E-state index >= 15 is 0 Å². The molecule has 104 valence electrons. The van der Waals surface area contributed by atoms with Crippen molar-refractivity contribution in [1.82, 2.24) is 0 Å². The Kier molecular flexibility index (Phi) is 6.16. The molecule has 0 radical (unpaired) electrons. The van der Waals surface area contributed by atoms with Crippen molar-refractivity contribution >= 4 is 6.08 Å². The minimum Gasteiger partial charge on any atom is -0.381 e. The van der Waals surface area contributed by atoms with Crippen LogP contribution in [0.5, 0.6) is 0 Å². The number of hydrogen-bond donors (Lipinski definition) is 0. The second-order valence-corrected chi connectivity index (χ2v) is 5.57. The third-order valence-corrected chi connectivity index (χ3v) is 4.07. The molecule has 0 saturated carbocycles. The highest BCUT2D eigenvalue weighted by molar-refractivity contribution is 5.48. The molecule has 0 aromatic heterocycles. The van der Waals surface area contributed by atoms with Crippen LogP contribution in [-0.4, -0.2) is 13.2 Å². The highest BCUT2D eigenvalue weighted by Crippen LogP contribution is 2.29. The summed E-state index contributed by atoms with van der Waals surface area (Å²) in [5.41, 5.74) is 1.30. The van der Waals surface area contributed by atoms with Gasteiger partial charge in [-0.2, -0.15) is 0 Å². The van der Waals surface area contributed by atoms with E-state index in [0.717, 1.165) is 25.0 Å². The molecule has 1 aliphatic heterocycles. The van der Waals surface area contributed by atoms with Gasteiger partial charge in [-0.15, -0.1) is 0 Å². The maximum Gasteiger partial charge on any atom is 0.0497 e. The van der Waals surface area contributed by atoms with E-state index < -0.39 is 0 Å². The molecule has 1 aromatic rings. The quantitative estimate of drug-likeness (QED) is 0.702. The van der Waals surface area contributed by atoms with E-state index in [1.165, 1.54) is 37.7 Å². The Labute approximate surface area is 117 Å². The first-order chi connectivity index (χ1) is 9.40.